The highest BCUT2D eigenvalue weighted by molar-refractivity contribution is 9.10. The van der Waals surface area contributed by atoms with Crippen molar-refractivity contribution in [1.29, 1.82) is 0 Å². The number of nitrogens with zero attached hydrogens (tertiary/aromatic N) is 1. The van der Waals surface area contributed by atoms with Crippen LogP contribution in [0.3, 0.4) is 0 Å². The predicted octanol–water partition coefficient (Wildman–Crippen LogP) is 3.65. The highest BCUT2D eigenvalue weighted by Crippen LogP contribution is 2.22. The minimum Gasteiger partial charge on any atom is -0.316 e. The Morgan fingerprint density at radius 2 is 2.18 bits per heavy atom. The fraction of sp³-hybridized carbons (Fsp3) is 0.417. The van der Waals surface area contributed by atoms with Crippen LogP contribution < -0.4 is 5.32 Å². The molecule has 0 aromatic carbocycles. The highest BCUT2D eigenvalue weighted by Gasteiger charge is 2.11. The quantitative estimate of drug-likeness (QED) is 0.905. The van der Waals surface area contributed by atoms with E-state index in [4.69, 9.17) is 0 Å². The minimum absolute atomic E-state index is 0.464. The summed E-state index contributed by atoms with van der Waals surface area (Å²) in [5, 5.41) is 8.84. The van der Waals surface area contributed by atoms with Crippen LogP contribution in [0.2, 0.25) is 0 Å². The number of nitrogens with one attached hydrogen (secondary N) is 1. The summed E-state index contributed by atoms with van der Waals surface area (Å²) < 4.78 is 1.18. The maximum atomic E-state index is 4.52. The van der Waals surface area contributed by atoms with Gasteiger partial charge in [0.1, 0.15) is 0 Å². The van der Waals surface area contributed by atoms with Crippen LogP contribution in [0.1, 0.15) is 15.6 Å². The highest BCUT2D eigenvalue weighted by atomic mass is 79.9. The third-order valence-corrected chi connectivity index (χ3v) is 5.27. The van der Waals surface area contributed by atoms with Gasteiger partial charge in [-0.3, -0.25) is 0 Å². The Balaban J connectivity index is 1.97. The minimum atomic E-state index is 0.464. The Labute approximate surface area is 118 Å². The third kappa shape index (κ3) is 3.88. The maximum Gasteiger partial charge on any atom is 0.0943 e. The number of aryl methyl sites for hydroxylation is 1. The van der Waals surface area contributed by atoms with Gasteiger partial charge in [-0.05, 0) is 42.4 Å². The number of aromatic nitrogens is 1. The second-order valence-electron chi connectivity index (χ2n) is 4.01. The number of thiazole rings is 1. The Kier molecular flexibility index (Phi) is 4.73. The summed E-state index contributed by atoms with van der Waals surface area (Å²) in [4.78, 5) is 5.92. The van der Waals surface area contributed by atoms with Crippen LogP contribution in [-0.2, 0) is 12.8 Å². The number of rotatable bonds is 5. The van der Waals surface area contributed by atoms with E-state index in [0.29, 0.717) is 6.04 Å². The zero-order chi connectivity index (χ0) is 12.3. The van der Waals surface area contributed by atoms with Crippen LogP contribution in [0, 0.1) is 6.92 Å². The molecule has 2 nitrogen and oxygen atoms in total. The van der Waals surface area contributed by atoms with Crippen LogP contribution in [0.5, 0.6) is 0 Å². The maximum absolute atomic E-state index is 4.52. The Bertz CT molecular complexity index is 436. The molecule has 0 saturated carbocycles. The molecule has 2 aromatic heterocycles. The molecule has 17 heavy (non-hydrogen) atoms. The summed E-state index contributed by atoms with van der Waals surface area (Å²) in [5.74, 6) is 0. The first-order valence-electron chi connectivity index (χ1n) is 5.48. The third-order valence-electron chi connectivity index (χ3n) is 2.57. The molecule has 1 atom stereocenters. The van der Waals surface area contributed by atoms with E-state index in [1.165, 1.54) is 14.4 Å². The molecule has 1 N–H and O–H groups in total. The number of hydrogen-bond acceptors (Lipinski definition) is 4. The molecule has 0 saturated heterocycles. The Morgan fingerprint density at radius 3 is 2.71 bits per heavy atom. The SMILES string of the molecule is CNC(Cc1cc(Br)cs1)Cc1nc(C)cs1. The van der Waals surface area contributed by atoms with E-state index in [-0.39, 0.29) is 0 Å². The standard InChI is InChI=1S/C12H15BrN2S2/c1-8-6-17-12(15-8)5-10(14-2)4-11-3-9(13)7-16-11/h3,6-7,10,14H,4-5H2,1-2H3. The van der Waals surface area contributed by atoms with Gasteiger partial charge in [0, 0.05) is 38.3 Å². The molecule has 0 amide bonds. The van der Waals surface area contributed by atoms with Crippen molar-refractivity contribution in [3.8, 4) is 0 Å². The van der Waals surface area contributed by atoms with Crippen molar-refractivity contribution in [1.82, 2.24) is 10.3 Å². The smallest absolute Gasteiger partial charge is 0.0943 e. The second kappa shape index (κ2) is 6.09. The molecule has 2 aromatic rings. The molecule has 0 bridgehead atoms. The van der Waals surface area contributed by atoms with E-state index in [0.717, 1.165) is 18.5 Å². The Morgan fingerprint density at radius 1 is 1.35 bits per heavy atom. The van der Waals surface area contributed by atoms with Crippen molar-refractivity contribution in [2.24, 2.45) is 0 Å². The van der Waals surface area contributed by atoms with Crippen molar-refractivity contribution in [2.75, 3.05) is 7.05 Å². The van der Waals surface area contributed by atoms with Gasteiger partial charge in [-0.1, -0.05) is 0 Å². The van der Waals surface area contributed by atoms with Crippen LogP contribution in [0.25, 0.3) is 0 Å². The van der Waals surface area contributed by atoms with Crippen LogP contribution >= 0.6 is 38.6 Å². The summed E-state index contributed by atoms with van der Waals surface area (Å²) in [6.07, 6.45) is 2.07. The first kappa shape index (κ1) is 13.2. The van der Waals surface area contributed by atoms with E-state index in [2.05, 4.69) is 43.1 Å². The van der Waals surface area contributed by atoms with Crippen molar-refractivity contribution in [3.63, 3.8) is 0 Å². The van der Waals surface area contributed by atoms with Gasteiger partial charge in [0.15, 0.2) is 0 Å². The molecule has 0 aliphatic rings. The van der Waals surface area contributed by atoms with Crippen LogP contribution in [0.4, 0.5) is 0 Å². The zero-order valence-corrected chi connectivity index (χ0v) is 13.1. The monoisotopic (exact) mass is 330 g/mol. The zero-order valence-electron chi connectivity index (χ0n) is 9.87. The fourth-order valence-electron chi connectivity index (χ4n) is 1.69. The number of thiophene rings is 1. The molecule has 2 heterocycles. The fourth-order valence-corrected chi connectivity index (χ4v) is 4.07. The lowest BCUT2D eigenvalue weighted by Crippen LogP contribution is -2.29. The average Bonchev–Trinajstić information content (AvgIpc) is 2.87. The van der Waals surface area contributed by atoms with Gasteiger partial charge >= 0.3 is 0 Å². The number of hydrogen-bond donors (Lipinski definition) is 1. The lowest BCUT2D eigenvalue weighted by Gasteiger charge is -2.13. The van der Waals surface area contributed by atoms with Crippen molar-refractivity contribution >= 4 is 38.6 Å². The average molecular weight is 331 g/mol. The normalized spacial score (nSPS) is 12.9. The summed E-state index contributed by atoms with van der Waals surface area (Å²) in [5.41, 5.74) is 1.12. The molecule has 0 radical (unpaired) electrons. The lowest BCUT2D eigenvalue weighted by atomic mass is 10.1. The van der Waals surface area contributed by atoms with Crippen LogP contribution in [-0.4, -0.2) is 18.1 Å². The Hall–Kier alpha value is -0.230. The van der Waals surface area contributed by atoms with Crippen molar-refractivity contribution in [3.05, 3.63) is 36.9 Å². The summed E-state index contributed by atoms with van der Waals surface area (Å²) >= 11 is 7.05. The van der Waals surface area contributed by atoms with Gasteiger partial charge in [-0.2, -0.15) is 0 Å². The molecular formula is C12H15BrN2S2. The van der Waals surface area contributed by atoms with Gasteiger partial charge in [-0.15, -0.1) is 22.7 Å². The molecule has 0 spiro atoms. The van der Waals surface area contributed by atoms with E-state index in [9.17, 15) is 0 Å². The number of likely N-dealkylation sites (N-methyl/N-ethyl adjacent to an activating group) is 1. The summed E-state index contributed by atoms with van der Waals surface area (Å²) in [6.45, 7) is 2.05. The van der Waals surface area contributed by atoms with Gasteiger partial charge in [0.05, 0.1) is 5.01 Å². The van der Waals surface area contributed by atoms with Crippen LogP contribution in [0.15, 0.2) is 21.3 Å². The summed E-state index contributed by atoms with van der Waals surface area (Å²) in [6, 6.07) is 2.66. The van der Waals surface area contributed by atoms with E-state index < -0.39 is 0 Å². The molecule has 5 heteroatoms. The topological polar surface area (TPSA) is 24.9 Å². The first-order valence-corrected chi connectivity index (χ1v) is 8.04. The molecule has 0 aliphatic carbocycles. The molecule has 2 rings (SSSR count). The lowest BCUT2D eigenvalue weighted by molar-refractivity contribution is 0.558. The molecule has 1 unspecified atom stereocenters. The largest absolute Gasteiger partial charge is 0.316 e. The molecule has 0 aliphatic heterocycles. The second-order valence-corrected chi connectivity index (χ2v) is 6.86. The molecular weight excluding hydrogens is 316 g/mol. The predicted molar refractivity (Wildman–Crippen MR) is 79.1 cm³/mol. The molecule has 92 valence electrons. The van der Waals surface area contributed by atoms with E-state index >= 15 is 0 Å². The summed E-state index contributed by atoms with van der Waals surface area (Å²) in [7, 11) is 2.02. The van der Waals surface area contributed by atoms with E-state index in [1.54, 1.807) is 22.7 Å². The molecule has 0 fully saturated rings. The van der Waals surface area contributed by atoms with Crippen molar-refractivity contribution in [2.45, 2.75) is 25.8 Å². The van der Waals surface area contributed by atoms with Crippen molar-refractivity contribution < 1.29 is 0 Å². The van der Waals surface area contributed by atoms with Gasteiger partial charge in [0.25, 0.3) is 0 Å². The first-order chi connectivity index (χ1) is 8.17. The van der Waals surface area contributed by atoms with Gasteiger partial charge in [0.2, 0.25) is 0 Å². The van der Waals surface area contributed by atoms with Gasteiger partial charge in [-0.25, -0.2) is 4.98 Å². The number of halogens is 1. The van der Waals surface area contributed by atoms with Gasteiger partial charge < -0.3 is 5.32 Å². The van der Waals surface area contributed by atoms with E-state index in [1.807, 2.05) is 14.0 Å².